The molecule has 0 unspecified atom stereocenters. The molecular weight excluding hydrogens is 204 g/mol. The fraction of sp³-hybridized carbons (Fsp3) is 0.273. The van der Waals surface area contributed by atoms with Crippen LogP contribution >= 0.6 is 0 Å². The first-order valence-electron chi connectivity index (χ1n) is 5.07. The maximum atomic E-state index is 10.9. The van der Waals surface area contributed by atoms with Crippen molar-refractivity contribution in [3.05, 3.63) is 29.8 Å². The molecule has 2 rings (SSSR count). The molecule has 0 aliphatic rings. The van der Waals surface area contributed by atoms with E-state index in [1.807, 2.05) is 13.8 Å². The van der Waals surface area contributed by atoms with Crippen LogP contribution in [0.2, 0.25) is 0 Å². The number of aromatic nitrogens is 4. The van der Waals surface area contributed by atoms with Crippen LogP contribution < -0.4 is 0 Å². The fourth-order valence-corrected chi connectivity index (χ4v) is 1.51. The van der Waals surface area contributed by atoms with Gasteiger partial charge in [0.05, 0.1) is 11.3 Å². The molecular formula is C11H12N4O. The summed E-state index contributed by atoms with van der Waals surface area (Å²) in [4.78, 5) is 19.3. The molecule has 0 saturated carbocycles. The number of rotatable bonds is 3. The Labute approximate surface area is 93.2 Å². The van der Waals surface area contributed by atoms with E-state index in [2.05, 4.69) is 15.1 Å². The summed E-state index contributed by atoms with van der Waals surface area (Å²) in [6.45, 7) is 4.54. The van der Waals surface area contributed by atoms with Crippen molar-refractivity contribution < 1.29 is 4.79 Å². The van der Waals surface area contributed by atoms with Crippen molar-refractivity contribution in [1.29, 1.82) is 0 Å². The van der Waals surface area contributed by atoms with E-state index in [9.17, 15) is 4.79 Å². The van der Waals surface area contributed by atoms with E-state index < -0.39 is 0 Å². The van der Waals surface area contributed by atoms with Gasteiger partial charge in [-0.05, 0) is 13.8 Å². The molecule has 0 radical (unpaired) electrons. The van der Waals surface area contributed by atoms with E-state index in [-0.39, 0.29) is 0 Å². The molecule has 0 atom stereocenters. The fourth-order valence-electron chi connectivity index (χ4n) is 1.51. The zero-order chi connectivity index (χ0) is 11.5. The first-order valence-corrected chi connectivity index (χ1v) is 5.07. The molecule has 82 valence electrons. The second kappa shape index (κ2) is 4.22. The van der Waals surface area contributed by atoms with E-state index >= 15 is 0 Å². The number of nitrogens with zero attached hydrogens (tertiary/aromatic N) is 4. The summed E-state index contributed by atoms with van der Waals surface area (Å²) in [7, 11) is 0. The number of aldehydes is 1. The molecule has 0 spiro atoms. The number of carbonyl (C=O) groups is 1. The summed E-state index contributed by atoms with van der Waals surface area (Å²) >= 11 is 0. The molecule has 0 saturated heterocycles. The third kappa shape index (κ3) is 1.71. The van der Waals surface area contributed by atoms with Crippen LogP contribution in [-0.2, 0) is 6.54 Å². The van der Waals surface area contributed by atoms with Crippen molar-refractivity contribution in [3.8, 4) is 11.4 Å². The zero-order valence-electron chi connectivity index (χ0n) is 9.21. The first kappa shape index (κ1) is 10.5. The molecule has 2 aromatic heterocycles. The Balaban J connectivity index is 2.59. The van der Waals surface area contributed by atoms with Gasteiger partial charge in [-0.25, -0.2) is 0 Å². The smallest absolute Gasteiger partial charge is 0.153 e. The minimum atomic E-state index is 0.547. The Morgan fingerprint density at radius 3 is 2.69 bits per heavy atom. The van der Waals surface area contributed by atoms with Crippen molar-refractivity contribution in [1.82, 2.24) is 19.7 Å². The number of carbonyl (C=O) groups excluding carboxylic acids is 1. The lowest BCUT2D eigenvalue weighted by molar-refractivity contribution is 0.112. The summed E-state index contributed by atoms with van der Waals surface area (Å²) in [5.41, 5.74) is 2.58. The number of hydrogen-bond acceptors (Lipinski definition) is 4. The van der Waals surface area contributed by atoms with Gasteiger partial charge in [0.2, 0.25) is 0 Å². The molecule has 0 amide bonds. The Hall–Kier alpha value is -2.04. The Kier molecular flexibility index (Phi) is 2.76. The molecule has 0 N–H and O–H groups in total. The lowest BCUT2D eigenvalue weighted by Crippen LogP contribution is -1.96. The predicted molar refractivity (Wildman–Crippen MR) is 59.1 cm³/mol. The molecule has 16 heavy (non-hydrogen) atoms. The minimum Gasteiger partial charge on any atom is -0.298 e. The van der Waals surface area contributed by atoms with E-state index in [1.54, 1.807) is 23.3 Å². The van der Waals surface area contributed by atoms with Crippen molar-refractivity contribution in [2.24, 2.45) is 0 Å². The van der Waals surface area contributed by atoms with E-state index in [0.29, 0.717) is 17.0 Å². The van der Waals surface area contributed by atoms with Gasteiger partial charge >= 0.3 is 0 Å². The average molecular weight is 216 g/mol. The highest BCUT2D eigenvalue weighted by atomic mass is 16.1. The highest BCUT2D eigenvalue weighted by molar-refractivity contribution is 5.84. The Bertz CT molecular complexity index is 518. The molecule has 0 fully saturated rings. The van der Waals surface area contributed by atoms with E-state index in [1.165, 1.54) is 0 Å². The van der Waals surface area contributed by atoms with Gasteiger partial charge in [-0.3, -0.25) is 19.4 Å². The standard InChI is InChI=1S/C11H12N4O/c1-3-15-6-9(7-16)11(14-15)10-8(2)12-4-5-13-10/h4-7H,3H2,1-2H3. The number of aryl methyl sites for hydroxylation is 2. The van der Waals surface area contributed by atoms with Crippen LogP contribution in [-0.4, -0.2) is 26.0 Å². The topological polar surface area (TPSA) is 60.7 Å². The van der Waals surface area contributed by atoms with E-state index in [0.717, 1.165) is 18.5 Å². The van der Waals surface area contributed by atoms with Crippen LogP contribution in [0.4, 0.5) is 0 Å². The summed E-state index contributed by atoms with van der Waals surface area (Å²) < 4.78 is 1.72. The van der Waals surface area contributed by atoms with Gasteiger partial charge in [0.15, 0.2) is 6.29 Å². The lowest BCUT2D eigenvalue weighted by atomic mass is 10.2. The lowest BCUT2D eigenvalue weighted by Gasteiger charge is -2.00. The SMILES string of the molecule is CCn1cc(C=O)c(-c2nccnc2C)n1. The molecule has 5 heteroatoms. The van der Waals surface area contributed by atoms with Crippen LogP contribution in [0.3, 0.4) is 0 Å². The molecule has 0 aliphatic heterocycles. The minimum absolute atomic E-state index is 0.547. The second-order valence-corrected chi connectivity index (χ2v) is 3.40. The normalized spacial score (nSPS) is 10.4. The number of hydrogen-bond donors (Lipinski definition) is 0. The highest BCUT2D eigenvalue weighted by Gasteiger charge is 2.13. The van der Waals surface area contributed by atoms with Crippen LogP contribution in [0.1, 0.15) is 23.0 Å². The quantitative estimate of drug-likeness (QED) is 0.729. The Morgan fingerprint density at radius 2 is 2.06 bits per heavy atom. The Morgan fingerprint density at radius 1 is 1.31 bits per heavy atom. The van der Waals surface area contributed by atoms with Crippen molar-refractivity contribution in [2.45, 2.75) is 20.4 Å². The third-order valence-corrected chi connectivity index (χ3v) is 2.35. The maximum absolute atomic E-state index is 10.9. The summed E-state index contributed by atoms with van der Waals surface area (Å²) in [6.07, 6.45) is 5.73. The molecule has 0 aliphatic carbocycles. The molecule has 2 heterocycles. The molecule has 5 nitrogen and oxygen atoms in total. The monoisotopic (exact) mass is 216 g/mol. The van der Waals surface area contributed by atoms with Gasteiger partial charge < -0.3 is 0 Å². The van der Waals surface area contributed by atoms with Gasteiger partial charge in [-0.2, -0.15) is 5.10 Å². The van der Waals surface area contributed by atoms with Crippen molar-refractivity contribution in [2.75, 3.05) is 0 Å². The molecule has 0 bridgehead atoms. The molecule has 0 aromatic carbocycles. The van der Waals surface area contributed by atoms with Crippen molar-refractivity contribution >= 4 is 6.29 Å². The summed E-state index contributed by atoms with van der Waals surface area (Å²) in [5, 5.41) is 4.31. The van der Waals surface area contributed by atoms with Crippen LogP contribution in [0.5, 0.6) is 0 Å². The second-order valence-electron chi connectivity index (χ2n) is 3.40. The largest absolute Gasteiger partial charge is 0.298 e. The maximum Gasteiger partial charge on any atom is 0.153 e. The highest BCUT2D eigenvalue weighted by Crippen LogP contribution is 2.20. The van der Waals surface area contributed by atoms with Crippen molar-refractivity contribution in [3.63, 3.8) is 0 Å². The summed E-state index contributed by atoms with van der Waals surface area (Å²) in [6, 6.07) is 0. The van der Waals surface area contributed by atoms with Gasteiger partial charge in [0.25, 0.3) is 0 Å². The first-order chi connectivity index (χ1) is 7.76. The van der Waals surface area contributed by atoms with Crippen LogP contribution in [0.25, 0.3) is 11.4 Å². The molecule has 2 aromatic rings. The van der Waals surface area contributed by atoms with Gasteiger partial charge in [0, 0.05) is 25.1 Å². The van der Waals surface area contributed by atoms with E-state index in [4.69, 9.17) is 0 Å². The van der Waals surface area contributed by atoms with Crippen LogP contribution in [0.15, 0.2) is 18.6 Å². The zero-order valence-corrected chi connectivity index (χ0v) is 9.21. The van der Waals surface area contributed by atoms with Gasteiger partial charge in [-0.1, -0.05) is 0 Å². The van der Waals surface area contributed by atoms with Gasteiger partial charge in [-0.15, -0.1) is 0 Å². The summed E-state index contributed by atoms with van der Waals surface area (Å²) in [5.74, 6) is 0. The average Bonchev–Trinajstić information content (AvgIpc) is 2.72. The van der Waals surface area contributed by atoms with Crippen LogP contribution in [0, 0.1) is 6.92 Å². The van der Waals surface area contributed by atoms with Gasteiger partial charge in [0.1, 0.15) is 11.4 Å². The predicted octanol–water partition coefficient (Wildman–Crippen LogP) is 1.48. The third-order valence-electron chi connectivity index (χ3n) is 2.35.